The molecule has 27 heavy (non-hydrogen) atoms. The number of carbonyl (C=O) groups excluding carboxylic acids is 1. The van der Waals surface area contributed by atoms with Gasteiger partial charge < -0.3 is 5.32 Å². The topological polar surface area (TPSA) is 66.5 Å². The highest BCUT2D eigenvalue weighted by atomic mass is 35.5. The van der Waals surface area contributed by atoms with Crippen molar-refractivity contribution in [3.05, 3.63) is 58.1 Å². The van der Waals surface area contributed by atoms with Gasteiger partial charge >= 0.3 is 0 Å². The molecule has 0 spiro atoms. The van der Waals surface area contributed by atoms with E-state index in [-0.39, 0.29) is 18.9 Å². The van der Waals surface area contributed by atoms with Gasteiger partial charge in [0.15, 0.2) is 0 Å². The second-order valence-corrected chi connectivity index (χ2v) is 9.14. The summed E-state index contributed by atoms with van der Waals surface area (Å²) < 4.78 is 25.8. The third kappa shape index (κ3) is 6.26. The van der Waals surface area contributed by atoms with Crippen LogP contribution in [0.4, 0.5) is 11.4 Å². The summed E-state index contributed by atoms with van der Waals surface area (Å²) >= 11 is 5.92. The molecule has 0 aliphatic rings. The SMILES string of the molecule is Cc1cc(C)cc(N(CCCC(=O)Nc2ccc(Cl)cc2C)S(C)(=O)=O)c1. The molecule has 0 aromatic heterocycles. The van der Waals surface area contributed by atoms with Crippen molar-refractivity contribution in [3.8, 4) is 0 Å². The van der Waals surface area contributed by atoms with Crippen molar-refractivity contribution in [2.45, 2.75) is 33.6 Å². The molecule has 0 saturated heterocycles. The molecular formula is C20H25ClN2O3S. The second kappa shape index (κ2) is 8.76. The van der Waals surface area contributed by atoms with Gasteiger partial charge in [0.25, 0.3) is 0 Å². The van der Waals surface area contributed by atoms with Crippen LogP contribution in [0.5, 0.6) is 0 Å². The first-order valence-corrected chi connectivity index (χ1v) is 10.9. The van der Waals surface area contributed by atoms with Gasteiger partial charge in [-0.15, -0.1) is 0 Å². The molecule has 0 aliphatic heterocycles. The number of hydrogen-bond donors (Lipinski definition) is 1. The van der Waals surface area contributed by atoms with E-state index < -0.39 is 10.0 Å². The molecule has 2 rings (SSSR count). The fraction of sp³-hybridized carbons (Fsp3) is 0.350. The number of rotatable bonds is 7. The summed E-state index contributed by atoms with van der Waals surface area (Å²) in [6.45, 7) is 5.97. The van der Waals surface area contributed by atoms with Crippen LogP contribution in [-0.4, -0.2) is 27.1 Å². The van der Waals surface area contributed by atoms with Gasteiger partial charge in [0.1, 0.15) is 0 Å². The van der Waals surface area contributed by atoms with Gasteiger partial charge in [-0.25, -0.2) is 8.42 Å². The van der Waals surface area contributed by atoms with Crippen LogP contribution in [0, 0.1) is 20.8 Å². The smallest absolute Gasteiger partial charge is 0.232 e. The zero-order valence-corrected chi connectivity index (χ0v) is 17.6. The minimum atomic E-state index is -3.43. The van der Waals surface area contributed by atoms with E-state index in [2.05, 4.69) is 5.32 Å². The molecule has 0 atom stereocenters. The lowest BCUT2D eigenvalue weighted by molar-refractivity contribution is -0.116. The number of nitrogens with zero attached hydrogens (tertiary/aromatic N) is 1. The monoisotopic (exact) mass is 408 g/mol. The Bertz CT molecular complexity index is 922. The number of aryl methyl sites for hydroxylation is 3. The Balaban J connectivity index is 2.02. The van der Waals surface area contributed by atoms with E-state index in [1.807, 2.05) is 39.0 Å². The van der Waals surface area contributed by atoms with E-state index in [0.29, 0.717) is 22.8 Å². The van der Waals surface area contributed by atoms with Crippen LogP contribution in [0.3, 0.4) is 0 Å². The maximum absolute atomic E-state index is 12.2. The van der Waals surface area contributed by atoms with Crippen LogP contribution in [0.1, 0.15) is 29.5 Å². The molecule has 146 valence electrons. The zero-order chi connectivity index (χ0) is 20.2. The Hall–Kier alpha value is -2.05. The number of carbonyl (C=O) groups is 1. The molecule has 0 aliphatic carbocycles. The first-order valence-electron chi connectivity index (χ1n) is 8.68. The number of halogens is 1. The maximum atomic E-state index is 12.2. The quantitative estimate of drug-likeness (QED) is 0.735. The second-order valence-electron chi connectivity index (χ2n) is 6.79. The Labute approximate surface area is 166 Å². The minimum Gasteiger partial charge on any atom is -0.326 e. The summed E-state index contributed by atoms with van der Waals surface area (Å²) in [4.78, 5) is 12.2. The van der Waals surface area contributed by atoms with E-state index in [0.717, 1.165) is 16.7 Å². The number of sulfonamides is 1. The third-order valence-corrected chi connectivity index (χ3v) is 5.55. The van der Waals surface area contributed by atoms with E-state index in [1.165, 1.54) is 10.6 Å². The van der Waals surface area contributed by atoms with Crippen LogP contribution < -0.4 is 9.62 Å². The molecule has 0 fully saturated rings. The number of anilines is 2. The third-order valence-electron chi connectivity index (χ3n) is 4.12. The Kier molecular flexibility index (Phi) is 6.89. The zero-order valence-electron chi connectivity index (χ0n) is 16.0. The van der Waals surface area contributed by atoms with E-state index in [1.54, 1.807) is 18.2 Å². The summed E-state index contributed by atoms with van der Waals surface area (Å²) in [7, 11) is -3.43. The lowest BCUT2D eigenvalue weighted by atomic mass is 10.1. The molecule has 0 radical (unpaired) electrons. The largest absolute Gasteiger partial charge is 0.326 e. The predicted molar refractivity (Wildman–Crippen MR) is 112 cm³/mol. The van der Waals surface area contributed by atoms with E-state index >= 15 is 0 Å². The Morgan fingerprint density at radius 2 is 1.70 bits per heavy atom. The lowest BCUT2D eigenvalue weighted by Crippen LogP contribution is -2.31. The average Bonchev–Trinajstić information content (AvgIpc) is 2.52. The number of nitrogens with one attached hydrogen (secondary N) is 1. The average molecular weight is 409 g/mol. The van der Waals surface area contributed by atoms with Crippen molar-refractivity contribution >= 4 is 38.9 Å². The minimum absolute atomic E-state index is 0.158. The van der Waals surface area contributed by atoms with Crippen LogP contribution in [0.15, 0.2) is 36.4 Å². The van der Waals surface area contributed by atoms with Gasteiger partial charge in [-0.1, -0.05) is 17.7 Å². The van der Waals surface area contributed by atoms with Gasteiger partial charge in [0.2, 0.25) is 15.9 Å². The maximum Gasteiger partial charge on any atom is 0.232 e. The van der Waals surface area contributed by atoms with E-state index in [9.17, 15) is 13.2 Å². The summed E-state index contributed by atoms with van der Waals surface area (Å²) in [5, 5.41) is 3.46. The van der Waals surface area contributed by atoms with E-state index in [4.69, 9.17) is 11.6 Å². The fourth-order valence-corrected chi connectivity index (χ4v) is 4.12. The molecule has 2 aromatic rings. The Morgan fingerprint density at radius 3 is 2.26 bits per heavy atom. The first-order chi connectivity index (χ1) is 12.6. The van der Waals surface area contributed by atoms with Gasteiger partial charge in [0, 0.05) is 23.7 Å². The normalized spacial score (nSPS) is 11.3. The van der Waals surface area contributed by atoms with Gasteiger partial charge in [-0.2, -0.15) is 0 Å². The number of benzene rings is 2. The highest BCUT2D eigenvalue weighted by molar-refractivity contribution is 7.92. The molecule has 7 heteroatoms. The van der Waals surface area contributed by atoms with Crippen LogP contribution in [-0.2, 0) is 14.8 Å². The van der Waals surface area contributed by atoms with Gasteiger partial charge in [-0.3, -0.25) is 9.10 Å². The predicted octanol–water partition coefficient (Wildman–Crippen LogP) is 4.45. The molecule has 2 aromatic carbocycles. The van der Waals surface area contributed by atoms with Crippen molar-refractivity contribution in [1.82, 2.24) is 0 Å². The van der Waals surface area contributed by atoms with Crippen molar-refractivity contribution in [1.29, 1.82) is 0 Å². The molecular weight excluding hydrogens is 384 g/mol. The highest BCUT2D eigenvalue weighted by Crippen LogP contribution is 2.22. The molecule has 0 unspecified atom stereocenters. The molecule has 0 bridgehead atoms. The summed E-state index contributed by atoms with van der Waals surface area (Å²) in [6.07, 6.45) is 1.82. The fourth-order valence-electron chi connectivity index (χ4n) is 2.94. The van der Waals surface area contributed by atoms with Gasteiger partial charge in [0.05, 0.1) is 11.9 Å². The summed E-state index contributed by atoms with van der Waals surface area (Å²) in [6, 6.07) is 10.9. The van der Waals surface area contributed by atoms with Crippen LogP contribution in [0.2, 0.25) is 5.02 Å². The standard InChI is InChI=1S/C20H25ClN2O3S/c1-14-10-15(2)12-18(11-14)23(27(4,25)26)9-5-6-20(24)22-19-8-7-17(21)13-16(19)3/h7-8,10-13H,5-6,9H2,1-4H3,(H,22,24). The van der Waals surface area contributed by atoms with Crippen molar-refractivity contribution in [2.75, 3.05) is 22.4 Å². The number of amides is 1. The van der Waals surface area contributed by atoms with Gasteiger partial charge in [-0.05, 0) is 74.2 Å². The molecule has 1 N–H and O–H groups in total. The van der Waals surface area contributed by atoms with Crippen molar-refractivity contribution < 1.29 is 13.2 Å². The summed E-state index contributed by atoms with van der Waals surface area (Å²) in [5.74, 6) is -0.158. The molecule has 1 amide bonds. The van der Waals surface area contributed by atoms with Crippen molar-refractivity contribution in [3.63, 3.8) is 0 Å². The summed E-state index contributed by atoms with van der Waals surface area (Å²) in [5.41, 5.74) is 4.20. The van der Waals surface area contributed by atoms with Crippen LogP contribution in [0.25, 0.3) is 0 Å². The van der Waals surface area contributed by atoms with Crippen LogP contribution >= 0.6 is 11.6 Å². The number of hydrogen-bond acceptors (Lipinski definition) is 3. The molecule has 5 nitrogen and oxygen atoms in total. The molecule has 0 saturated carbocycles. The van der Waals surface area contributed by atoms with Crippen molar-refractivity contribution in [2.24, 2.45) is 0 Å². The first kappa shape index (κ1) is 21.3. The lowest BCUT2D eigenvalue weighted by Gasteiger charge is -2.23. The Morgan fingerprint density at radius 1 is 1.07 bits per heavy atom. The molecule has 0 heterocycles. The highest BCUT2D eigenvalue weighted by Gasteiger charge is 2.18.